The molecule has 0 spiro atoms. The SMILES string of the molecule is CC(C)c1ccccc1OCC(O)Cn1nnc2ccccc2c1=O. The van der Waals surface area contributed by atoms with E-state index in [1.165, 1.54) is 4.68 Å². The fourth-order valence-corrected chi connectivity index (χ4v) is 2.67. The smallest absolute Gasteiger partial charge is 0.277 e. The lowest BCUT2D eigenvalue weighted by Crippen LogP contribution is -2.32. The molecule has 1 atom stereocenters. The zero-order valence-electron chi connectivity index (χ0n) is 14.3. The van der Waals surface area contributed by atoms with E-state index < -0.39 is 6.10 Å². The number of ether oxygens (including phenoxy) is 1. The summed E-state index contributed by atoms with van der Waals surface area (Å²) in [5.41, 5.74) is 1.35. The highest BCUT2D eigenvalue weighted by atomic mass is 16.5. The Hall–Kier alpha value is -2.73. The molecule has 1 heterocycles. The second kappa shape index (κ2) is 7.44. The van der Waals surface area contributed by atoms with Gasteiger partial charge in [0.1, 0.15) is 24.0 Å². The van der Waals surface area contributed by atoms with Crippen molar-refractivity contribution in [3.8, 4) is 5.75 Å². The van der Waals surface area contributed by atoms with Crippen LogP contribution in [-0.2, 0) is 6.54 Å². The van der Waals surface area contributed by atoms with Crippen LogP contribution in [-0.4, -0.2) is 32.8 Å². The molecule has 1 unspecified atom stereocenters. The number of para-hydroxylation sites is 1. The number of aromatic nitrogens is 3. The molecule has 1 aromatic heterocycles. The second-order valence-corrected chi connectivity index (χ2v) is 6.25. The maximum Gasteiger partial charge on any atom is 0.277 e. The molecule has 1 N–H and O–H groups in total. The predicted molar refractivity (Wildman–Crippen MR) is 95.8 cm³/mol. The Morgan fingerprint density at radius 3 is 2.64 bits per heavy atom. The summed E-state index contributed by atoms with van der Waals surface area (Å²) in [4.78, 5) is 12.4. The maximum atomic E-state index is 12.4. The Kier molecular flexibility index (Phi) is 5.09. The van der Waals surface area contributed by atoms with Crippen LogP contribution in [0.15, 0.2) is 53.3 Å². The minimum Gasteiger partial charge on any atom is -0.491 e. The van der Waals surface area contributed by atoms with Crippen LogP contribution in [0.5, 0.6) is 5.75 Å². The van der Waals surface area contributed by atoms with Crippen LogP contribution in [0.4, 0.5) is 0 Å². The summed E-state index contributed by atoms with van der Waals surface area (Å²) in [5.74, 6) is 1.07. The summed E-state index contributed by atoms with van der Waals surface area (Å²) in [6.45, 7) is 4.27. The number of aliphatic hydroxyl groups is 1. The third kappa shape index (κ3) is 3.85. The van der Waals surface area contributed by atoms with Gasteiger partial charge in [-0.25, -0.2) is 4.68 Å². The highest BCUT2D eigenvalue weighted by Gasteiger charge is 2.13. The first-order chi connectivity index (χ1) is 12.1. The summed E-state index contributed by atoms with van der Waals surface area (Å²) in [7, 11) is 0. The first kappa shape index (κ1) is 17.1. The van der Waals surface area contributed by atoms with Gasteiger partial charge in [-0.05, 0) is 29.7 Å². The van der Waals surface area contributed by atoms with E-state index in [-0.39, 0.29) is 18.7 Å². The maximum absolute atomic E-state index is 12.4. The van der Waals surface area contributed by atoms with Crippen molar-refractivity contribution >= 4 is 10.9 Å². The van der Waals surface area contributed by atoms with Crippen LogP contribution in [0.1, 0.15) is 25.3 Å². The Balaban J connectivity index is 1.70. The van der Waals surface area contributed by atoms with Gasteiger partial charge >= 0.3 is 0 Å². The van der Waals surface area contributed by atoms with Crippen LogP contribution in [0.3, 0.4) is 0 Å². The molecule has 25 heavy (non-hydrogen) atoms. The van der Waals surface area contributed by atoms with E-state index in [1.54, 1.807) is 24.3 Å². The molecule has 0 fully saturated rings. The molecule has 0 saturated carbocycles. The average Bonchev–Trinajstić information content (AvgIpc) is 2.63. The summed E-state index contributed by atoms with van der Waals surface area (Å²) in [6, 6.07) is 14.8. The van der Waals surface area contributed by atoms with E-state index in [1.807, 2.05) is 24.3 Å². The first-order valence-corrected chi connectivity index (χ1v) is 8.28. The monoisotopic (exact) mass is 339 g/mol. The standard InChI is InChI=1S/C19H21N3O3/c1-13(2)15-7-4-6-10-18(15)25-12-14(23)11-22-19(24)16-8-3-5-9-17(16)20-21-22/h3-10,13-14,23H,11-12H2,1-2H3. The van der Waals surface area contributed by atoms with Gasteiger partial charge in [-0.2, -0.15) is 0 Å². The average molecular weight is 339 g/mol. The second-order valence-electron chi connectivity index (χ2n) is 6.25. The summed E-state index contributed by atoms with van der Waals surface area (Å²) >= 11 is 0. The van der Waals surface area contributed by atoms with Gasteiger partial charge in [-0.3, -0.25) is 4.79 Å². The zero-order chi connectivity index (χ0) is 17.8. The molecule has 6 heteroatoms. The van der Waals surface area contributed by atoms with Gasteiger partial charge < -0.3 is 9.84 Å². The van der Waals surface area contributed by atoms with E-state index in [9.17, 15) is 9.90 Å². The van der Waals surface area contributed by atoms with Crippen LogP contribution < -0.4 is 10.3 Å². The van der Waals surface area contributed by atoms with E-state index in [4.69, 9.17) is 4.74 Å². The van der Waals surface area contributed by atoms with Crippen molar-refractivity contribution in [2.75, 3.05) is 6.61 Å². The minimum atomic E-state index is -0.867. The number of hydrogen-bond acceptors (Lipinski definition) is 5. The largest absolute Gasteiger partial charge is 0.491 e. The van der Waals surface area contributed by atoms with Crippen molar-refractivity contribution in [3.63, 3.8) is 0 Å². The molecule has 0 aliphatic rings. The lowest BCUT2D eigenvalue weighted by atomic mass is 10.0. The highest BCUT2D eigenvalue weighted by molar-refractivity contribution is 5.76. The van der Waals surface area contributed by atoms with Gasteiger partial charge in [-0.1, -0.05) is 49.4 Å². The molecule has 0 radical (unpaired) electrons. The summed E-state index contributed by atoms with van der Waals surface area (Å²) in [5, 5.41) is 18.6. The molecule has 3 rings (SSSR count). The lowest BCUT2D eigenvalue weighted by Gasteiger charge is -2.16. The number of nitrogens with zero attached hydrogens (tertiary/aromatic N) is 3. The fraction of sp³-hybridized carbons (Fsp3) is 0.316. The normalized spacial score (nSPS) is 12.5. The minimum absolute atomic E-state index is 0.0283. The van der Waals surface area contributed by atoms with E-state index in [2.05, 4.69) is 24.2 Å². The molecule has 130 valence electrons. The molecule has 2 aromatic carbocycles. The van der Waals surface area contributed by atoms with Gasteiger partial charge in [0, 0.05) is 0 Å². The number of hydrogen-bond donors (Lipinski definition) is 1. The van der Waals surface area contributed by atoms with E-state index in [0.29, 0.717) is 16.8 Å². The van der Waals surface area contributed by atoms with Gasteiger partial charge in [0.25, 0.3) is 5.56 Å². The number of aliphatic hydroxyl groups excluding tert-OH is 1. The Bertz CT molecular complexity index is 921. The zero-order valence-corrected chi connectivity index (χ0v) is 14.3. The van der Waals surface area contributed by atoms with Crippen LogP contribution in [0, 0.1) is 0 Å². The predicted octanol–water partition coefficient (Wildman–Crippen LogP) is 2.35. The fourth-order valence-electron chi connectivity index (χ4n) is 2.67. The first-order valence-electron chi connectivity index (χ1n) is 8.28. The Morgan fingerprint density at radius 1 is 1.12 bits per heavy atom. The van der Waals surface area contributed by atoms with Crippen molar-refractivity contribution in [2.24, 2.45) is 0 Å². The molecule has 0 saturated heterocycles. The van der Waals surface area contributed by atoms with E-state index in [0.717, 1.165) is 11.3 Å². The Labute approximate surface area is 145 Å². The quantitative estimate of drug-likeness (QED) is 0.746. The van der Waals surface area contributed by atoms with Gasteiger partial charge in [0.2, 0.25) is 0 Å². The summed E-state index contributed by atoms with van der Waals surface area (Å²) < 4.78 is 6.92. The van der Waals surface area contributed by atoms with Gasteiger partial charge in [0.05, 0.1) is 11.9 Å². The molecule has 0 aliphatic heterocycles. The van der Waals surface area contributed by atoms with Crippen molar-refractivity contribution < 1.29 is 9.84 Å². The highest BCUT2D eigenvalue weighted by Crippen LogP contribution is 2.25. The van der Waals surface area contributed by atoms with Crippen molar-refractivity contribution in [1.82, 2.24) is 15.0 Å². The number of rotatable bonds is 6. The van der Waals surface area contributed by atoms with Crippen LogP contribution in [0.2, 0.25) is 0 Å². The summed E-state index contributed by atoms with van der Waals surface area (Å²) in [6.07, 6.45) is -0.867. The number of fused-ring (bicyclic) bond motifs is 1. The van der Waals surface area contributed by atoms with Crippen LogP contribution >= 0.6 is 0 Å². The Morgan fingerprint density at radius 2 is 1.84 bits per heavy atom. The van der Waals surface area contributed by atoms with Gasteiger partial charge in [-0.15, -0.1) is 5.10 Å². The van der Waals surface area contributed by atoms with Crippen molar-refractivity contribution in [2.45, 2.75) is 32.4 Å². The van der Waals surface area contributed by atoms with Crippen molar-refractivity contribution in [3.05, 3.63) is 64.4 Å². The molecular weight excluding hydrogens is 318 g/mol. The molecule has 0 bridgehead atoms. The van der Waals surface area contributed by atoms with E-state index >= 15 is 0 Å². The molecule has 0 amide bonds. The number of benzene rings is 2. The van der Waals surface area contributed by atoms with Crippen molar-refractivity contribution in [1.29, 1.82) is 0 Å². The molecule has 6 nitrogen and oxygen atoms in total. The third-order valence-corrected chi connectivity index (χ3v) is 3.99. The molecule has 0 aliphatic carbocycles. The topological polar surface area (TPSA) is 77.2 Å². The lowest BCUT2D eigenvalue weighted by molar-refractivity contribution is 0.0867. The van der Waals surface area contributed by atoms with Crippen LogP contribution in [0.25, 0.3) is 10.9 Å². The molecule has 3 aromatic rings. The third-order valence-electron chi connectivity index (χ3n) is 3.99. The molecular formula is C19H21N3O3. The van der Waals surface area contributed by atoms with Gasteiger partial charge in [0.15, 0.2) is 0 Å².